The van der Waals surface area contributed by atoms with Gasteiger partial charge in [-0.15, -0.1) is 0 Å². The van der Waals surface area contributed by atoms with Crippen LogP contribution >= 0.6 is 0 Å². The van der Waals surface area contributed by atoms with E-state index in [2.05, 4.69) is 5.32 Å². The van der Waals surface area contributed by atoms with Gasteiger partial charge in [0.05, 0.1) is 0 Å². The Morgan fingerprint density at radius 2 is 1.88 bits per heavy atom. The lowest BCUT2D eigenvalue weighted by molar-refractivity contribution is 0.316. The highest BCUT2D eigenvalue weighted by Crippen LogP contribution is 2.11. The number of likely N-dealkylation sites (N-methyl/N-ethyl adjacent to an activating group) is 1. The molecule has 1 heterocycles. The van der Waals surface area contributed by atoms with E-state index in [1.807, 2.05) is 13.8 Å². The zero-order chi connectivity index (χ0) is 12.9. The van der Waals surface area contributed by atoms with Crippen LogP contribution < -0.4 is 5.32 Å². The summed E-state index contributed by atoms with van der Waals surface area (Å²) in [4.78, 5) is 0. The SMILES string of the molecule is CCN(CC)S(=O)(=O)N(C)CC1CCCCN1. The van der Waals surface area contributed by atoms with Gasteiger partial charge in [-0.3, -0.25) is 0 Å². The van der Waals surface area contributed by atoms with Crippen LogP contribution in [0.4, 0.5) is 0 Å². The zero-order valence-electron chi connectivity index (χ0n) is 11.1. The van der Waals surface area contributed by atoms with Crippen LogP contribution in [0, 0.1) is 0 Å². The fraction of sp³-hybridized carbons (Fsp3) is 1.00. The Morgan fingerprint density at radius 1 is 1.24 bits per heavy atom. The number of hydrogen-bond acceptors (Lipinski definition) is 3. The van der Waals surface area contributed by atoms with E-state index in [9.17, 15) is 8.42 Å². The molecule has 17 heavy (non-hydrogen) atoms. The normalized spacial score (nSPS) is 22.3. The number of nitrogens with one attached hydrogen (secondary N) is 1. The predicted molar refractivity (Wildman–Crippen MR) is 70.1 cm³/mol. The van der Waals surface area contributed by atoms with Gasteiger partial charge < -0.3 is 5.32 Å². The Balaban J connectivity index is 2.58. The summed E-state index contributed by atoms with van der Waals surface area (Å²) in [5.41, 5.74) is 0. The second-order valence-corrected chi connectivity index (χ2v) is 6.55. The molecule has 1 fully saturated rings. The summed E-state index contributed by atoms with van der Waals surface area (Å²) in [5.74, 6) is 0. The standard InChI is InChI=1S/C11H25N3O2S/c1-4-14(5-2)17(15,16)13(3)10-11-8-6-7-9-12-11/h11-12H,4-10H2,1-3H3. The van der Waals surface area contributed by atoms with Gasteiger partial charge in [-0.1, -0.05) is 20.3 Å². The molecule has 1 aliphatic heterocycles. The molecule has 0 saturated carbocycles. The first kappa shape index (κ1) is 14.9. The third-order valence-corrected chi connectivity index (χ3v) is 5.42. The van der Waals surface area contributed by atoms with Crippen molar-refractivity contribution in [2.75, 3.05) is 33.2 Å². The van der Waals surface area contributed by atoms with Crippen molar-refractivity contribution in [2.45, 2.75) is 39.2 Å². The Labute approximate surface area is 105 Å². The van der Waals surface area contributed by atoms with Crippen molar-refractivity contribution in [1.82, 2.24) is 13.9 Å². The summed E-state index contributed by atoms with van der Waals surface area (Å²) in [5, 5.41) is 3.37. The molecule has 0 aromatic carbocycles. The molecule has 5 nitrogen and oxygen atoms in total. The maximum Gasteiger partial charge on any atom is 0.281 e. The molecule has 0 spiro atoms. The minimum Gasteiger partial charge on any atom is -0.313 e. The van der Waals surface area contributed by atoms with Crippen molar-refractivity contribution in [2.24, 2.45) is 0 Å². The molecule has 1 saturated heterocycles. The molecule has 0 amide bonds. The molecule has 0 bridgehead atoms. The van der Waals surface area contributed by atoms with Crippen molar-refractivity contribution >= 4 is 10.2 Å². The summed E-state index contributed by atoms with van der Waals surface area (Å²) in [6, 6.07) is 0.305. The molecule has 1 atom stereocenters. The van der Waals surface area contributed by atoms with Gasteiger partial charge in [0.2, 0.25) is 0 Å². The first-order valence-electron chi connectivity index (χ1n) is 6.47. The van der Waals surface area contributed by atoms with Crippen molar-refractivity contribution < 1.29 is 8.42 Å². The average molecular weight is 263 g/mol. The van der Waals surface area contributed by atoms with Crippen molar-refractivity contribution in [3.63, 3.8) is 0 Å². The molecular formula is C11H25N3O2S. The Morgan fingerprint density at radius 3 is 2.35 bits per heavy atom. The first-order chi connectivity index (χ1) is 8.02. The topological polar surface area (TPSA) is 52.7 Å². The predicted octanol–water partition coefficient (Wildman–Crippen LogP) is 0.647. The fourth-order valence-electron chi connectivity index (χ4n) is 2.23. The lowest BCUT2D eigenvalue weighted by Gasteiger charge is -2.30. The Hall–Kier alpha value is -0.170. The summed E-state index contributed by atoms with van der Waals surface area (Å²) in [6.07, 6.45) is 3.46. The fourth-order valence-corrected chi connectivity index (χ4v) is 3.65. The molecule has 0 radical (unpaired) electrons. The minimum atomic E-state index is -3.27. The third kappa shape index (κ3) is 3.91. The molecule has 0 aromatic rings. The van der Waals surface area contributed by atoms with Gasteiger partial charge in [-0.25, -0.2) is 0 Å². The summed E-state index contributed by atoms with van der Waals surface area (Å²) < 4.78 is 27.4. The van der Waals surface area contributed by atoms with Gasteiger partial charge in [-0.05, 0) is 19.4 Å². The third-order valence-electron chi connectivity index (χ3n) is 3.32. The molecule has 0 aliphatic carbocycles. The van der Waals surface area contributed by atoms with E-state index < -0.39 is 10.2 Å². The minimum absolute atomic E-state index is 0.305. The van der Waals surface area contributed by atoms with E-state index >= 15 is 0 Å². The molecule has 1 rings (SSSR count). The molecule has 1 aliphatic rings. The van der Waals surface area contributed by atoms with Crippen molar-refractivity contribution in [3.8, 4) is 0 Å². The zero-order valence-corrected chi connectivity index (χ0v) is 12.0. The average Bonchev–Trinajstić information content (AvgIpc) is 2.31. The van der Waals surface area contributed by atoms with Gasteiger partial charge in [0.25, 0.3) is 10.2 Å². The number of nitrogens with zero attached hydrogens (tertiary/aromatic N) is 2. The van der Waals surface area contributed by atoms with E-state index in [-0.39, 0.29) is 0 Å². The highest BCUT2D eigenvalue weighted by molar-refractivity contribution is 7.86. The second kappa shape index (κ2) is 6.68. The van der Waals surface area contributed by atoms with Gasteiger partial charge in [0.15, 0.2) is 0 Å². The summed E-state index contributed by atoms with van der Waals surface area (Å²) >= 11 is 0. The van der Waals surface area contributed by atoms with Crippen LogP contribution in [0.5, 0.6) is 0 Å². The van der Waals surface area contributed by atoms with E-state index in [0.29, 0.717) is 25.7 Å². The number of hydrogen-bond donors (Lipinski definition) is 1. The molecule has 0 aromatic heterocycles. The smallest absolute Gasteiger partial charge is 0.281 e. The maximum absolute atomic E-state index is 12.2. The largest absolute Gasteiger partial charge is 0.313 e. The first-order valence-corrected chi connectivity index (χ1v) is 7.86. The monoisotopic (exact) mass is 263 g/mol. The molecule has 1 unspecified atom stereocenters. The second-order valence-electron chi connectivity index (χ2n) is 4.52. The van der Waals surface area contributed by atoms with Crippen LogP contribution in [0.25, 0.3) is 0 Å². The van der Waals surface area contributed by atoms with Gasteiger partial charge in [-0.2, -0.15) is 17.0 Å². The van der Waals surface area contributed by atoms with E-state index in [0.717, 1.165) is 13.0 Å². The van der Waals surface area contributed by atoms with Gasteiger partial charge >= 0.3 is 0 Å². The highest BCUT2D eigenvalue weighted by Gasteiger charge is 2.26. The Kier molecular flexibility index (Phi) is 5.85. The lowest BCUT2D eigenvalue weighted by Crippen LogP contribution is -2.48. The summed E-state index contributed by atoms with van der Waals surface area (Å²) in [6.45, 7) is 6.37. The van der Waals surface area contributed by atoms with Crippen LogP contribution in [-0.4, -0.2) is 56.3 Å². The van der Waals surface area contributed by atoms with Crippen LogP contribution in [0.1, 0.15) is 33.1 Å². The van der Waals surface area contributed by atoms with Crippen LogP contribution in [0.15, 0.2) is 0 Å². The van der Waals surface area contributed by atoms with Crippen LogP contribution in [-0.2, 0) is 10.2 Å². The summed E-state index contributed by atoms with van der Waals surface area (Å²) in [7, 11) is -1.60. The Bertz CT molecular complexity index is 309. The quantitative estimate of drug-likeness (QED) is 0.765. The van der Waals surface area contributed by atoms with Gasteiger partial charge in [0, 0.05) is 32.7 Å². The molecule has 102 valence electrons. The number of piperidine rings is 1. The van der Waals surface area contributed by atoms with Crippen LogP contribution in [0.2, 0.25) is 0 Å². The van der Waals surface area contributed by atoms with Crippen LogP contribution in [0.3, 0.4) is 0 Å². The van der Waals surface area contributed by atoms with Crippen molar-refractivity contribution in [3.05, 3.63) is 0 Å². The van der Waals surface area contributed by atoms with Gasteiger partial charge in [0.1, 0.15) is 0 Å². The van der Waals surface area contributed by atoms with E-state index in [4.69, 9.17) is 0 Å². The highest BCUT2D eigenvalue weighted by atomic mass is 32.2. The molecule has 1 N–H and O–H groups in total. The molecule has 6 heteroatoms. The molecular weight excluding hydrogens is 238 g/mol. The van der Waals surface area contributed by atoms with Crippen molar-refractivity contribution in [1.29, 1.82) is 0 Å². The lowest BCUT2D eigenvalue weighted by atomic mass is 10.1. The number of rotatable bonds is 6. The van der Waals surface area contributed by atoms with E-state index in [1.54, 1.807) is 7.05 Å². The maximum atomic E-state index is 12.2. The van der Waals surface area contributed by atoms with E-state index in [1.165, 1.54) is 21.5 Å².